The number of nitrogens with zero attached hydrogens (tertiary/aromatic N) is 26. The standard InChI is InChI=1S/C24H28N8O.C24H26N8.C23H26N8.C22H24N8/c1-31-14-19(11-28-31)17-4-3-5-18(10-17)22-26-13-21(20-12-29-32(2)15-20)23(30-22)27-16-24(33)6-8-25-9-7-24;1-31-10-18(7-27-31)16-4-3-5-17(6-16)21-26-9-20(19-8-28-32(2)11-19)22(29-21)30-24-12-23(13-24,14-24)15-25;1-29-14-18(11-26-29)16-4-3-5-17(10-16)22-25-13-21(19-12-27-30(2)15-19)23(28-22)31-8-6-20(24)7-9-31;1-28-12-17(9-25-28)15-4-3-5-16(8-15)21-24-11-20(18-10-26-29(2)13-18)22(27-21)30-7-6-19(23)14-30/h3-5,10-15,25,33H,6-9,16H2,1-2H3,(H,26,27,30);3-11H,12-15,25H2,1-2H3,(H,26,29,30);3-5,10-15,20H,6-9,24H2,1-2H3;3-5,8-13,19H,6-7,14,23H2,1-2H3/t;;;19-/m...1/s1. The molecule has 33 nitrogen and oxygen atoms in total. The molecule has 1 atom stereocenters. The van der Waals surface area contributed by atoms with Crippen LogP contribution in [0.3, 0.4) is 0 Å². The Kier molecular flexibility index (Phi) is 23.2. The summed E-state index contributed by atoms with van der Waals surface area (Å²) in [6, 6.07) is 33.4. The van der Waals surface area contributed by atoms with Gasteiger partial charge in [0, 0.05) is 270 Å². The summed E-state index contributed by atoms with van der Waals surface area (Å²) in [4.78, 5) is 43.3. The maximum absolute atomic E-state index is 11.0. The van der Waals surface area contributed by atoms with Gasteiger partial charge in [-0.15, -0.1) is 0 Å². The molecule has 12 aromatic heterocycles. The molecule has 3 aliphatic carbocycles. The molecule has 3 saturated carbocycles. The van der Waals surface area contributed by atoms with Crippen LogP contribution < -0.4 is 43.0 Å². The number of aromatic nitrogens is 24. The van der Waals surface area contributed by atoms with Crippen LogP contribution in [-0.4, -0.2) is 199 Å². The third-order valence-corrected chi connectivity index (χ3v) is 24.3. The van der Waals surface area contributed by atoms with Crippen molar-refractivity contribution in [2.24, 2.45) is 79.0 Å². The highest BCUT2D eigenvalue weighted by Crippen LogP contribution is 2.68. The summed E-state index contributed by atoms with van der Waals surface area (Å²) >= 11 is 0. The average molecular weight is 1690 g/mol. The molecule has 10 N–H and O–H groups in total. The number of aryl methyl sites for hydroxylation is 8. The van der Waals surface area contributed by atoms with E-state index in [0.717, 1.165) is 213 Å². The Hall–Kier alpha value is -14.1. The van der Waals surface area contributed by atoms with Gasteiger partial charge in [0.25, 0.3) is 0 Å². The molecule has 0 amide bonds. The Morgan fingerprint density at radius 3 is 1.03 bits per heavy atom. The van der Waals surface area contributed by atoms with Crippen molar-refractivity contribution in [3.63, 3.8) is 0 Å². The Bertz CT molecular complexity index is 6500. The predicted octanol–water partition coefficient (Wildman–Crippen LogP) is 11.1. The topological polar surface area (TPSA) is 387 Å². The van der Waals surface area contributed by atoms with Crippen molar-refractivity contribution >= 4 is 23.3 Å². The molecule has 642 valence electrons. The molecule has 3 saturated heterocycles. The lowest BCUT2D eigenvalue weighted by molar-refractivity contribution is -0.108. The van der Waals surface area contributed by atoms with Gasteiger partial charge in [-0.3, -0.25) is 37.5 Å². The van der Waals surface area contributed by atoms with Crippen LogP contribution in [0.4, 0.5) is 23.3 Å². The van der Waals surface area contributed by atoms with E-state index in [-0.39, 0.29) is 17.6 Å². The monoisotopic (exact) mass is 1680 g/mol. The maximum Gasteiger partial charge on any atom is 0.161 e. The Morgan fingerprint density at radius 1 is 0.373 bits per heavy atom. The molecule has 126 heavy (non-hydrogen) atoms. The largest absolute Gasteiger partial charge is 0.388 e. The van der Waals surface area contributed by atoms with Gasteiger partial charge < -0.3 is 48.1 Å². The van der Waals surface area contributed by atoms with Crippen LogP contribution in [0.25, 0.3) is 135 Å². The number of rotatable bonds is 20. The molecule has 0 radical (unpaired) electrons. The molecule has 3 aliphatic heterocycles. The fourth-order valence-electron chi connectivity index (χ4n) is 17.5. The molecule has 4 aromatic carbocycles. The Labute approximate surface area is 729 Å². The van der Waals surface area contributed by atoms with Gasteiger partial charge in [0.1, 0.15) is 23.3 Å². The van der Waals surface area contributed by atoms with Crippen LogP contribution in [-0.2, 0) is 56.4 Å². The third kappa shape index (κ3) is 18.3. The second-order valence-corrected chi connectivity index (χ2v) is 34.1. The number of anilines is 4. The van der Waals surface area contributed by atoms with Crippen molar-refractivity contribution in [1.29, 1.82) is 0 Å². The normalized spacial score (nSPS) is 17.6. The highest BCUT2D eigenvalue weighted by Gasteiger charge is 2.67. The van der Waals surface area contributed by atoms with Crippen LogP contribution in [0.1, 0.15) is 51.4 Å². The van der Waals surface area contributed by atoms with Crippen LogP contribution in [0, 0.1) is 5.41 Å². The van der Waals surface area contributed by atoms with Gasteiger partial charge in [-0.2, -0.15) is 40.8 Å². The molecular weight excluding hydrogens is 1580 g/mol. The summed E-state index contributed by atoms with van der Waals surface area (Å²) in [5.41, 5.74) is 38.2. The summed E-state index contributed by atoms with van der Waals surface area (Å²) in [5, 5.41) is 55.8. The number of aliphatic hydroxyl groups is 1. The smallest absolute Gasteiger partial charge is 0.161 e. The lowest BCUT2D eigenvalue weighted by Gasteiger charge is -2.70. The molecule has 33 heteroatoms. The first-order valence-electron chi connectivity index (χ1n) is 42.6. The number of benzene rings is 4. The molecule has 6 fully saturated rings. The van der Waals surface area contributed by atoms with Gasteiger partial charge in [0.15, 0.2) is 23.3 Å². The number of piperidine rings is 2. The summed E-state index contributed by atoms with van der Waals surface area (Å²) in [5.74, 6) is 6.13. The zero-order valence-corrected chi connectivity index (χ0v) is 72.1. The molecular formula is C93H104N32O. The lowest BCUT2D eigenvalue weighted by Crippen LogP contribution is -2.73. The van der Waals surface area contributed by atoms with Crippen molar-refractivity contribution in [3.8, 4) is 135 Å². The van der Waals surface area contributed by atoms with E-state index in [1.165, 1.54) is 0 Å². The van der Waals surface area contributed by atoms with Crippen molar-refractivity contribution in [2.45, 2.75) is 74.6 Å². The predicted molar refractivity (Wildman–Crippen MR) is 489 cm³/mol. The van der Waals surface area contributed by atoms with Crippen LogP contribution >= 0.6 is 0 Å². The zero-order chi connectivity index (χ0) is 86.8. The van der Waals surface area contributed by atoms with Gasteiger partial charge in [-0.1, -0.05) is 72.8 Å². The first kappa shape index (κ1) is 82.8. The second-order valence-electron chi connectivity index (χ2n) is 34.1. The minimum Gasteiger partial charge on any atom is -0.388 e. The molecule has 0 spiro atoms. The summed E-state index contributed by atoms with van der Waals surface area (Å²) in [7, 11) is 15.3. The van der Waals surface area contributed by atoms with Gasteiger partial charge in [-0.05, 0) is 123 Å². The molecule has 6 aliphatic rings. The highest BCUT2D eigenvalue weighted by atomic mass is 16.3. The summed E-state index contributed by atoms with van der Waals surface area (Å²) in [6.07, 6.45) is 45.9. The molecule has 0 unspecified atom stereocenters. The van der Waals surface area contributed by atoms with E-state index < -0.39 is 5.60 Å². The first-order chi connectivity index (χ1) is 61.1. The lowest BCUT2D eigenvalue weighted by atomic mass is 9.39. The van der Waals surface area contributed by atoms with Crippen molar-refractivity contribution in [2.75, 3.05) is 72.8 Å². The van der Waals surface area contributed by atoms with Crippen LogP contribution in [0.2, 0.25) is 0 Å². The van der Waals surface area contributed by atoms with E-state index >= 15 is 0 Å². The molecule has 16 aromatic rings. The fourth-order valence-corrected chi connectivity index (χ4v) is 17.5. The Balaban J connectivity index is 0.000000114. The van der Waals surface area contributed by atoms with E-state index in [1.807, 2.05) is 217 Å². The fraction of sp³-hybridized carbons (Fsp3) is 0.312. The van der Waals surface area contributed by atoms with Crippen molar-refractivity contribution < 1.29 is 5.11 Å². The number of hydrogen-bond donors (Lipinski definition) is 7. The highest BCUT2D eigenvalue weighted by molar-refractivity contribution is 5.82. The first-order valence-corrected chi connectivity index (χ1v) is 42.6. The number of nitrogens with two attached hydrogens (primary N) is 3. The average Bonchev–Trinajstić information content (AvgIpc) is 1.21. The zero-order valence-electron chi connectivity index (χ0n) is 72.1. The summed E-state index contributed by atoms with van der Waals surface area (Å²) in [6.45, 7) is 6.27. The quantitative estimate of drug-likeness (QED) is 0.0373. The van der Waals surface area contributed by atoms with E-state index in [1.54, 1.807) is 43.7 Å². The van der Waals surface area contributed by atoms with Crippen LogP contribution in [0.15, 0.2) is 221 Å². The number of nitrogens with one attached hydrogen (secondary N) is 3. The molecule has 2 bridgehead atoms. The van der Waals surface area contributed by atoms with Gasteiger partial charge in [-0.25, -0.2) is 39.9 Å². The minimum absolute atomic E-state index is 0.111. The number of hydrogen-bond acceptors (Lipinski definition) is 25. The SMILES string of the molecule is Cn1cc(-c2cccc(-c3ncc(-c4cnn(C)c4)c(N4CCC(N)CC4)n3)c2)cn1.Cn1cc(-c2cccc(-c3ncc(-c4cnn(C)c4)c(N4CC[C@@H](N)C4)n3)c2)cn1.Cn1cc(-c2cccc(-c3ncc(-c4cnn(C)c4)c(NC45CC(CN)(C4)C5)n3)c2)cn1.Cn1cc(-c2cccc(-c3ncc(-c4cnn(C)c4)c(NCC4(O)CCNCC4)n3)c2)cn1. The van der Waals surface area contributed by atoms with Crippen LogP contribution in [0.5, 0.6) is 0 Å². The van der Waals surface area contributed by atoms with Gasteiger partial charge in [0.2, 0.25) is 0 Å². The van der Waals surface area contributed by atoms with E-state index in [9.17, 15) is 5.11 Å². The van der Waals surface area contributed by atoms with Gasteiger partial charge >= 0.3 is 0 Å². The van der Waals surface area contributed by atoms with E-state index in [0.29, 0.717) is 53.9 Å². The maximum atomic E-state index is 11.0. The summed E-state index contributed by atoms with van der Waals surface area (Å²) < 4.78 is 14.3. The minimum atomic E-state index is -0.761. The molecule has 22 rings (SSSR count). The third-order valence-electron chi connectivity index (χ3n) is 24.3. The Morgan fingerprint density at radius 2 is 0.683 bits per heavy atom. The molecule has 15 heterocycles. The van der Waals surface area contributed by atoms with E-state index in [2.05, 4.69) is 126 Å². The second kappa shape index (κ2) is 35.2. The van der Waals surface area contributed by atoms with Crippen molar-refractivity contribution in [3.05, 3.63) is 221 Å². The van der Waals surface area contributed by atoms with Gasteiger partial charge in [0.05, 0.1) is 55.2 Å². The van der Waals surface area contributed by atoms with E-state index in [4.69, 9.17) is 52.1 Å². The van der Waals surface area contributed by atoms with Crippen molar-refractivity contribution in [1.82, 2.24) is 123 Å².